The minimum absolute atomic E-state index is 0.00800. The molecule has 0 unspecified atom stereocenters. The zero-order valence-corrected chi connectivity index (χ0v) is 11.7. The van der Waals surface area contributed by atoms with Crippen molar-refractivity contribution < 1.29 is 9.53 Å². The fraction of sp³-hybridized carbons (Fsp3) is 0.429. The Bertz CT molecular complexity index is 440. The average Bonchev–Trinajstić information content (AvgIpc) is 2.42. The van der Waals surface area contributed by atoms with E-state index in [-0.39, 0.29) is 5.91 Å². The second-order valence-corrected chi connectivity index (χ2v) is 4.59. The second-order valence-electron chi connectivity index (χ2n) is 4.15. The molecule has 0 atom stereocenters. The minimum Gasteiger partial charge on any atom is -0.376 e. The summed E-state index contributed by atoms with van der Waals surface area (Å²) in [7, 11) is 1.69. The summed E-state index contributed by atoms with van der Waals surface area (Å²) < 4.78 is 5.43. The molecule has 0 saturated carbocycles. The molecule has 19 heavy (non-hydrogen) atoms. The van der Waals surface area contributed by atoms with Crippen LogP contribution in [0.25, 0.3) is 0 Å². The number of ether oxygens (including phenoxy) is 1. The van der Waals surface area contributed by atoms with Gasteiger partial charge in [0.05, 0.1) is 32.1 Å². The first kappa shape index (κ1) is 15.5. The summed E-state index contributed by atoms with van der Waals surface area (Å²) >= 11 is 5.78. The summed E-state index contributed by atoms with van der Waals surface area (Å²) in [6.07, 6.45) is 0.684. The Balaban J connectivity index is 2.18. The third-order valence-corrected chi connectivity index (χ3v) is 2.88. The second kappa shape index (κ2) is 8.52. The molecule has 0 aliphatic carbocycles. The van der Waals surface area contributed by atoms with Crippen LogP contribution in [0.3, 0.4) is 0 Å². The van der Waals surface area contributed by atoms with Crippen LogP contribution in [0.4, 0.5) is 0 Å². The molecular formula is C14H17ClN2O2. The highest BCUT2D eigenvalue weighted by Gasteiger charge is 2.07. The molecule has 0 N–H and O–H groups in total. The molecule has 1 aromatic rings. The van der Waals surface area contributed by atoms with Crippen LogP contribution in [0.5, 0.6) is 0 Å². The van der Waals surface area contributed by atoms with Crippen molar-refractivity contribution in [1.29, 1.82) is 5.26 Å². The maximum absolute atomic E-state index is 11.6. The molecule has 0 radical (unpaired) electrons. The molecule has 0 bridgehead atoms. The summed E-state index contributed by atoms with van der Waals surface area (Å²) in [6, 6.07) is 9.41. The number of hydrogen-bond donors (Lipinski definition) is 0. The van der Waals surface area contributed by atoms with Crippen molar-refractivity contribution in [2.24, 2.45) is 0 Å². The Labute approximate surface area is 118 Å². The van der Waals surface area contributed by atoms with Crippen molar-refractivity contribution in [2.45, 2.75) is 19.4 Å². The van der Waals surface area contributed by atoms with E-state index in [1.54, 1.807) is 24.1 Å². The molecular weight excluding hydrogens is 264 g/mol. The number of rotatable bonds is 7. The van der Waals surface area contributed by atoms with Crippen LogP contribution in [0.15, 0.2) is 24.3 Å². The van der Waals surface area contributed by atoms with Crippen molar-refractivity contribution in [3.8, 4) is 6.07 Å². The Morgan fingerprint density at radius 1 is 1.42 bits per heavy atom. The zero-order valence-electron chi connectivity index (χ0n) is 10.9. The van der Waals surface area contributed by atoms with Crippen LogP contribution in [-0.4, -0.2) is 31.0 Å². The van der Waals surface area contributed by atoms with Gasteiger partial charge in [0, 0.05) is 18.6 Å². The predicted octanol–water partition coefficient (Wildman–Crippen LogP) is 2.62. The number of hydrogen-bond acceptors (Lipinski definition) is 3. The van der Waals surface area contributed by atoms with Gasteiger partial charge in [-0.05, 0) is 17.7 Å². The number of carbonyl (C=O) groups is 1. The molecule has 4 nitrogen and oxygen atoms in total. The fourth-order valence-corrected chi connectivity index (χ4v) is 1.59. The Hall–Kier alpha value is -1.57. The number of carbonyl (C=O) groups excluding carboxylic acids is 1. The number of nitriles is 1. The standard InChI is InChI=1S/C14H17ClN2O2/c1-17(9-2-8-16)14(18)7-10-19-11-12-3-5-13(15)6-4-12/h3-6H,2,7,9-11H2,1H3. The normalized spacial score (nSPS) is 9.95. The molecule has 0 aliphatic heterocycles. The largest absolute Gasteiger partial charge is 0.376 e. The summed E-state index contributed by atoms with van der Waals surface area (Å²) in [4.78, 5) is 13.2. The number of benzene rings is 1. The van der Waals surface area contributed by atoms with Gasteiger partial charge < -0.3 is 9.64 Å². The van der Waals surface area contributed by atoms with E-state index in [1.807, 2.05) is 18.2 Å². The molecule has 1 rings (SSSR count). The highest BCUT2D eigenvalue weighted by Crippen LogP contribution is 2.10. The molecule has 0 aromatic heterocycles. The smallest absolute Gasteiger partial charge is 0.224 e. The third kappa shape index (κ3) is 6.23. The average molecular weight is 281 g/mol. The summed E-state index contributed by atoms with van der Waals surface area (Å²) in [6.45, 7) is 1.30. The first-order valence-corrected chi connectivity index (χ1v) is 6.44. The maximum atomic E-state index is 11.6. The van der Waals surface area contributed by atoms with Gasteiger partial charge in [-0.1, -0.05) is 23.7 Å². The molecule has 1 amide bonds. The lowest BCUT2D eigenvalue weighted by atomic mass is 10.2. The Morgan fingerprint density at radius 2 is 2.11 bits per heavy atom. The number of amides is 1. The van der Waals surface area contributed by atoms with E-state index in [0.717, 1.165) is 5.56 Å². The van der Waals surface area contributed by atoms with E-state index in [4.69, 9.17) is 21.6 Å². The lowest BCUT2D eigenvalue weighted by Crippen LogP contribution is -2.28. The lowest BCUT2D eigenvalue weighted by molar-refractivity contribution is -0.131. The zero-order chi connectivity index (χ0) is 14.1. The van der Waals surface area contributed by atoms with Gasteiger partial charge in [0.25, 0.3) is 0 Å². The summed E-state index contributed by atoms with van der Waals surface area (Å²) in [5, 5.41) is 9.13. The van der Waals surface area contributed by atoms with Crippen molar-refractivity contribution >= 4 is 17.5 Å². The molecule has 5 heteroatoms. The molecule has 0 spiro atoms. The van der Waals surface area contributed by atoms with Crippen LogP contribution in [0.2, 0.25) is 5.02 Å². The lowest BCUT2D eigenvalue weighted by Gasteiger charge is -2.15. The molecule has 0 aliphatic rings. The monoisotopic (exact) mass is 280 g/mol. The van der Waals surface area contributed by atoms with Gasteiger partial charge >= 0.3 is 0 Å². The third-order valence-electron chi connectivity index (χ3n) is 2.63. The van der Waals surface area contributed by atoms with E-state index >= 15 is 0 Å². The fourth-order valence-electron chi connectivity index (χ4n) is 1.46. The van der Waals surface area contributed by atoms with Crippen molar-refractivity contribution in [2.75, 3.05) is 20.2 Å². The topological polar surface area (TPSA) is 53.3 Å². The summed E-state index contributed by atoms with van der Waals surface area (Å²) in [5.74, 6) is -0.00800. The van der Waals surface area contributed by atoms with Gasteiger partial charge in [-0.25, -0.2) is 0 Å². The van der Waals surface area contributed by atoms with E-state index in [9.17, 15) is 4.79 Å². The quantitative estimate of drug-likeness (QED) is 0.722. The Morgan fingerprint density at radius 3 is 2.74 bits per heavy atom. The van der Waals surface area contributed by atoms with E-state index in [1.165, 1.54) is 0 Å². The molecule has 0 saturated heterocycles. The Kier molecular flexibility index (Phi) is 6.94. The van der Waals surface area contributed by atoms with Crippen molar-refractivity contribution in [3.05, 3.63) is 34.9 Å². The van der Waals surface area contributed by atoms with Crippen LogP contribution in [0, 0.1) is 11.3 Å². The van der Waals surface area contributed by atoms with Gasteiger partial charge in [-0.3, -0.25) is 4.79 Å². The van der Waals surface area contributed by atoms with Crippen molar-refractivity contribution in [1.82, 2.24) is 4.90 Å². The van der Waals surface area contributed by atoms with Gasteiger partial charge in [-0.15, -0.1) is 0 Å². The van der Waals surface area contributed by atoms with Crippen LogP contribution in [-0.2, 0) is 16.1 Å². The number of nitrogens with zero attached hydrogens (tertiary/aromatic N) is 2. The SMILES string of the molecule is CN(CCC#N)C(=O)CCOCc1ccc(Cl)cc1. The highest BCUT2D eigenvalue weighted by molar-refractivity contribution is 6.30. The van der Waals surface area contributed by atoms with Gasteiger partial charge in [-0.2, -0.15) is 5.26 Å². The van der Waals surface area contributed by atoms with Crippen LogP contribution < -0.4 is 0 Å². The van der Waals surface area contributed by atoms with Gasteiger partial charge in [0.15, 0.2) is 0 Å². The van der Waals surface area contributed by atoms with Crippen LogP contribution >= 0.6 is 11.6 Å². The number of halogens is 1. The van der Waals surface area contributed by atoms with E-state index in [0.29, 0.717) is 37.6 Å². The highest BCUT2D eigenvalue weighted by atomic mass is 35.5. The maximum Gasteiger partial charge on any atom is 0.224 e. The molecule has 0 fully saturated rings. The summed E-state index contributed by atoms with van der Waals surface area (Å²) in [5.41, 5.74) is 1.02. The van der Waals surface area contributed by atoms with Crippen LogP contribution in [0.1, 0.15) is 18.4 Å². The molecule has 102 valence electrons. The first-order chi connectivity index (χ1) is 9.13. The minimum atomic E-state index is -0.00800. The first-order valence-electron chi connectivity index (χ1n) is 6.06. The van der Waals surface area contributed by atoms with Gasteiger partial charge in [0.1, 0.15) is 0 Å². The van der Waals surface area contributed by atoms with E-state index < -0.39 is 0 Å². The van der Waals surface area contributed by atoms with Gasteiger partial charge in [0.2, 0.25) is 5.91 Å². The van der Waals surface area contributed by atoms with E-state index in [2.05, 4.69) is 0 Å². The predicted molar refractivity (Wildman–Crippen MR) is 73.6 cm³/mol. The molecule has 0 heterocycles. The van der Waals surface area contributed by atoms with Crippen molar-refractivity contribution in [3.63, 3.8) is 0 Å². The molecule has 1 aromatic carbocycles.